The Labute approximate surface area is 126 Å². The Morgan fingerprint density at radius 3 is 2.52 bits per heavy atom. The van der Waals surface area contributed by atoms with Crippen LogP contribution in [0.15, 0.2) is 30.5 Å². The highest BCUT2D eigenvalue weighted by molar-refractivity contribution is 5.84. The molecule has 0 atom stereocenters. The second kappa shape index (κ2) is 5.55. The molecule has 1 aliphatic heterocycles. The van der Waals surface area contributed by atoms with Crippen molar-refractivity contribution in [1.29, 1.82) is 0 Å². The first-order valence-corrected chi connectivity index (χ1v) is 7.90. The van der Waals surface area contributed by atoms with Crippen LogP contribution in [0.3, 0.4) is 0 Å². The predicted octanol–water partition coefficient (Wildman–Crippen LogP) is 3.54. The number of benzene rings is 1. The maximum Gasteiger partial charge on any atom is 0.225 e. The Morgan fingerprint density at radius 1 is 1.19 bits per heavy atom. The molecule has 1 saturated heterocycles. The zero-order chi connectivity index (χ0) is 15.0. The number of piperidine rings is 1. The summed E-state index contributed by atoms with van der Waals surface area (Å²) in [5.41, 5.74) is 2.75. The number of fused-ring (bicyclic) bond motifs is 1. The lowest BCUT2D eigenvalue weighted by Crippen LogP contribution is -2.40. The molecule has 21 heavy (non-hydrogen) atoms. The summed E-state index contributed by atoms with van der Waals surface area (Å²) in [6, 6.07) is 8.60. The van der Waals surface area contributed by atoms with Gasteiger partial charge in [-0.15, -0.1) is 0 Å². The van der Waals surface area contributed by atoms with E-state index in [1.807, 2.05) is 18.7 Å². The number of aromatic nitrogens is 1. The highest BCUT2D eigenvalue weighted by Gasteiger charge is 2.26. The normalized spacial score (nSPS) is 16.9. The summed E-state index contributed by atoms with van der Waals surface area (Å²) in [7, 11) is 2.11. The molecule has 3 rings (SSSR count). The number of likely N-dealkylation sites (tertiary alicyclic amines) is 1. The van der Waals surface area contributed by atoms with E-state index in [1.54, 1.807) is 0 Å². The number of aryl methyl sites for hydroxylation is 1. The van der Waals surface area contributed by atoms with Gasteiger partial charge in [-0.05, 0) is 30.4 Å². The molecule has 0 N–H and O–H groups in total. The molecule has 0 radical (unpaired) electrons. The quantitative estimate of drug-likeness (QED) is 0.828. The molecule has 1 aromatic heterocycles. The minimum Gasteiger partial charge on any atom is -0.350 e. The molecule has 0 aliphatic carbocycles. The van der Waals surface area contributed by atoms with E-state index in [-0.39, 0.29) is 5.92 Å². The lowest BCUT2D eigenvalue weighted by atomic mass is 9.89. The minimum atomic E-state index is 0.110. The largest absolute Gasteiger partial charge is 0.350 e. The van der Waals surface area contributed by atoms with E-state index in [0.29, 0.717) is 11.8 Å². The van der Waals surface area contributed by atoms with Crippen LogP contribution in [0.5, 0.6) is 0 Å². The smallest absolute Gasteiger partial charge is 0.225 e. The van der Waals surface area contributed by atoms with E-state index < -0.39 is 0 Å². The zero-order valence-corrected chi connectivity index (χ0v) is 13.2. The number of amides is 1. The van der Waals surface area contributed by atoms with Gasteiger partial charge in [-0.2, -0.15) is 0 Å². The summed E-state index contributed by atoms with van der Waals surface area (Å²) in [5.74, 6) is 0.984. The van der Waals surface area contributed by atoms with Crippen molar-refractivity contribution in [1.82, 2.24) is 9.47 Å². The number of hydrogen-bond donors (Lipinski definition) is 0. The van der Waals surface area contributed by atoms with Crippen LogP contribution < -0.4 is 0 Å². The number of rotatable bonds is 2. The summed E-state index contributed by atoms with van der Waals surface area (Å²) in [5, 5.41) is 1.37. The molecule has 3 nitrogen and oxygen atoms in total. The Bertz CT molecular complexity index is 648. The maximum absolute atomic E-state index is 12.1. The molecule has 112 valence electrons. The Hall–Kier alpha value is -1.77. The van der Waals surface area contributed by atoms with E-state index in [0.717, 1.165) is 25.9 Å². The van der Waals surface area contributed by atoms with Gasteiger partial charge in [0.25, 0.3) is 0 Å². The average molecular weight is 284 g/mol. The van der Waals surface area contributed by atoms with Crippen molar-refractivity contribution >= 4 is 16.8 Å². The molecular formula is C18H24N2O. The molecule has 0 saturated carbocycles. The van der Waals surface area contributed by atoms with Gasteiger partial charge in [-0.25, -0.2) is 0 Å². The third kappa shape index (κ3) is 2.57. The number of carbonyl (C=O) groups is 1. The molecule has 1 aromatic carbocycles. The van der Waals surface area contributed by atoms with Crippen molar-refractivity contribution in [3.05, 3.63) is 36.0 Å². The van der Waals surface area contributed by atoms with Crippen LogP contribution in [0, 0.1) is 5.92 Å². The van der Waals surface area contributed by atoms with Crippen LogP contribution in [0.2, 0.25) is 0 Å². The molecule has 2 aromatic rings. The van der Waals surface area contributed by atoms with Crippen LogP contribution in [-0.4, -0.2) is 28.5 Å². The van der Waals surface area contributed by atoms with Gasteiger partial charge >= 0.3 is 0 Å². The van der Waals surface area contributed by atoms with Crippen LogP contribution in [0.25, 0.3) is 10.9 Å². The average Bonchev–Trinajstić information content (AvgIpc) is 2.84. The van der Waals surface area contributed by atoms with E-state index >= 15 is 0 Å². The van der Waals surface area contributed by atoms with Crippen molar-refractivity contribution in [2.24, 2.45) is 13.0 Å². The summed E-state index contributed by atoms with van der Waals surface area (Å²) in [6.07, 6.45) is 4.42. The summed E-state index contributed by atoms with van der Waals surface area (Å²) >= 11 is 0. The summed E-state index contributed by atoms with van der Waals surface area (Å²) in [6.45, 7) is 5.76. The molecular weight excluding hydrogens is 260 g/mol. The molecule has 2 heterocycles. The standard InChI is InChI=1S/C18H24N2O/c1-13(2)18(21)20-10-8-14(9-11-20)16-12-19(3)17-7-5-4-6-15(16)17/h4-7,12-14H,8-11H2,1-3H3. The fraction of sp³-hybridized carbons (Fsp3) is 0.500. The van der Waals surface area contributed by atoms with Gasteiger partial charge in [0, 0.05) is 43.2 Å². The van der Waals surface area contributed by atoms with E-state index in [9.17, 15) is 4.79 Å². The fourth-order valence-corrected chi connectivity index (χ4v) is 3.47. The van der Waals surface area contributed by atoms with Crippen LogP contribution in [-0.2, 0) is 11.8 Å². The lowest BCUT2D eigenvalue weighted by molar-refractivity contribution is -0.135. The van der Waals surface area contributed by atoms with Crippen molar-refractivity contribution in [3.63, 3.8) is 0 Å². The maximum atomic E-state index is 12.1. The van der Waals surface area contributed by atoms with Gasteiger partial charge in [0.15, 0.2) is 0 Å². The van der Waals surface area contributed by atoms with Crippen molar-refractivity contribution < 1.29 is 4.79 Å². The number of hydrogen-bond acceptors (Lipinski definition) is 1. The first-order valence-electron chi connectivity index (χ1n) is 7.90. The molecule has 0 spiro atoms. The predicted molar refractivity (Wildman–Crippen MR) is 86.3 cm³/mol. The van der Waals surface area contributed by atoms with Gasteiger partial charge in [-0.1, -0.05) is 32.0 Å². The Balaban J connectivity index is 1.79. The number of nitrogens with zero attached hydrogens (tertiary/aromatic N) is 2. The number of para-hydroxylation sites is 1. The van der Waals surface area contributed by atoms with Crippen LogP contribution >= 0.6 is 0 Å². The first kappa shape index (κ1) is 14.2. The van der Waals surface area contributed by atoms with Gasteiger partial charge in [0.2, 0.25) is 5.91 Å². The monoisotopic (exact) mass is 284 g/mol. The van der Waals surface area contributed by atoms with E-state index in [2.05, 4.69) is 42.1 Å². The van der Waals surface area contributed by atoms with Crippen LogP contribution in [0.1, 0.15) is 38.2 Å². The first-order chi connectivity index (χ1) is 10.1. The topological polar surface area (TPSA) is 25.2 Å². The molecule has 3 heteroatoms. The van der Waals surface area contributed by atoms with Crippen LogP contribution in [0.4, 0.5) is 0 Å². The third-order valence-corrected chi connectivity index (χ3v) is 4.67. The molecule has 0 bridgehead atoms. The van der Waals surface area contributed by atoms with Gasteiger partial charge in [-0.3, -0.25) is 4.79 Å². The zero-order valence-electron chi connectivity index (χ0n) is 13.2. The SMILES string of the molecule is CC(C)C(=O)N1CCC(c2cn(C)c3ccccc23)CC1. The minimum absolute atomic E-state index is 0.110. The fourth-order valence-electron chi connectivity index (χ4n) is 3.47. The van der Waals surface area contributed by atoms with E-state index in [1.165, 1.54) is 16.5 Å². The molecule has 0 unspecified atom stereocenters. The van der Waals surface area contributed by atoms with Crippen molar-refractivity contribution in [2.75, 3.05) is 13.1 Å². The second-order valence-corrected chi connectivity index (χ2v) is 6.47. The lowest BCUT2D eigenvalue weighted by Gasteiger charge is -2.33. The summed E-state index contributed by atoms with van der Waals surface area (Å²) in [4.78, 5) is 14.1. The summed E-state index contributed by atoms with van der Waals surface area (Å²) < 4.78 is 2.22. The highest BCUT2D eigenvalue weighted by Crippen LogP contribution is 2.34. The second-order valence-electron chi connectivity index (χ2n) is 6.47. The van der Waals surface area contributed by atoms with Crippen molar-refractivity contribution in [2.45, 2.75) is 32.6 Å². The number of carbonyl (C=O) groups excluding carboxylic acids is 1. The van der Waals surface area contributed by atoms with Gasteiger partial charge in [0.1, 0.15) is 0 Å². The van der Waals surface area contributed by atoms with E-state index in [4.69, 9.17) is 0 Å². The van der Waals surface area contributed by atoms with Crippen molar-refractivity contribution in [3.8, 4) is 0 Å². The van der Waals surface area contributed by atoms with Gasteiger partial charge < -0.3 is 9.47 Å². The molecule has 1 aliphatic rings. The highest BCUT2D eigenvalue weighted by atomic mass is 16.2. The molecule has 1 fully saturated rings. The third-order valence-electron chi connectivity index (χ3n) is 4.67. The molecule has 1 amide bonds. The Morgan fingerprint density at radius 2 is 1.86 bits per heavy atom. The Kier molecular flexibility index (Phi) is 3.75. The van der Waals surface area contributed by atoms with Gasteiger partial charge in [0.05, 0.1) is 0 Å².